The third-order valence-corrected chi connectivity index (χ3v) is 4.25. The molecular weight excluding hydrogens is 220 g/mol. The third kappa shape index (κ3) is 2.62. The molecule has 0 aromatic carbocycles. The molecule has 0 radical (unpaired) electrons. The van der Waals surface area contributed by atoms with Crippen molar-refractivity contribution in [3.63, 3.8) is 0 Å². The maximum absolute atomic E-state index is 10.6. The van der Waals surface area contributed by atoms with Crippen LogP contribution in [-0.2, 0) is 0 Å². The summed E-state index contributed by atoms with van der Waals surface area (Å²) in [6, 6.07) is 3.93. The van der Waals surface area contributed by atoms with Gasteiger partial charge in [-0.2, -0.15) is 0 Å². The molecule has 0 amide bonds. The third-order valence-electron chi connectivity index (χ3n) is 3.13. The van der Waals surface area contributed by atoms with Gasteiger partial charge >= 0.3 is 0 Å². The van der Waals surface area contributed by atoms with E-state index in [9.17, 15) is 4.79 Å². The molecule has 1 aliphatic rings. The molecule has 0 spiro atoms. The van der Waals surface area contributed by atoms with E-state index in [2.05, 4.69) is 23.9 Å². The van der Waals surface area contributed by atoms with Gasteiger partial charge in [-0.1, -0.05) is 0 Å². The summed E-state index contributed by atoms with van der Waals surface area (Å²) < 4.78 is 0. The van der Waals surface area contributed by atoms with Crippen molar-refractivity contribution < 1.29 is 4.79 Å². The summed E-state index contributed by atoms with van der Waals surface area (Å²) >= 11 is 1.57. The molecule has 0 saturated carbocycles. The second kappa shape index (κ2) is 4.97. The van der Waals surface area contributed by atoms with Gasteiger partial charge in [0.15, 0.2) is 6.29 Å². The molecule has 1 aliphatic heterocycles. The topological polar surface area (TPSA) is 23.6 Å². The largest absolute Gasteiger partial charge is 0.366 e. The van der Waals surface area contributed by atoms with Gasteiger partial charge in [-0.25, -0.2) is 0 Å². The number of hydrogen-bond acceptors (Lipinski definition) is 4. The minimum Gasteiger partial charge on any atom is -0.366 e. The number of thiophene rings is 1. The molecule has 4 heteroatoms. The first-order chi connectivity index (χ1) is 7.69. The average molecular weight is 238 g/mol. The molecule has 1 unspecified atom stereocenters. The van der Waals surface area contributed by atoms with Gasteiger partial charge in [0, 0.05) is 20.1 Å². The van der Waals surface area contributed by atoms with Gasteiger partial charge in [0.05, 0.1) is 9.88 Å². The zero-order valence-electron chi connectivity index (χ0n) is 9.85. The summed E-state index contributed by atoms with van der Waals surface area (Å²) in [7, 11) is 4.29. The lowest BCUT2D eigenvalue weighted by atomic mass is 10.1. The number of carbonyl (C=O) groups is 1. The normalized spacial score (nSPS) is 21.2. The zero-order chi connectivity index (χ0) is 11.5. The predicted molar refractivity (Wildman–Crippen MR) is 68.6 cm³/mol. The Morgan fingerprint density at radius 1 is 1.62 bits per heavy atom. The molecule has 0 N–H and O–H groups in total. The average Bonchev–Trinajstić information content (AvgIpc) is 2.87. The first-order valence-corrected chi connectivity index (χ1v) is 6.45. The van der Waals surface area contributed by atoms with E-state index in [1.54, 1.807) is 11.3 Å². The Kier molecular flexibility index (Phi) is 3.61. The standard InChI is InChI=1S/C12H18N2OS/c1-13-6-5-10(7-13)8-14(2)12-4-3-11(9-15)16-12/h3-4,9-10H,5-8H2,1-2H3. The highest BCUT2D eigenvalue weighted by atomic mass is 32.1. The molecular formula is C12H18N2OS. The lowest BCUT2D eigenvalue weighted by Crippen LogP contribution is -2.26. The first kappa shape index (κ1) is 11.6. The number of anilines is 1. The van der Waals surface area contributed by atoms with Crippen molar-refractivity contribution in [2.75, 3.05) is 38.6 Å². The molecule has 1 fully saturated rings. The summed E-state index contributed by atoms with van der Waals surface area (Å²) in [5, 5.41) is 1.19. The van der Waals surface area contributed by atoms with Crippen LogP contribution in [0.25, 0.3) is 0 Å². The number of nitrogens with zero attached hydrogens (tertiary/aromatic N) is 2. The molecule has 0 aliphatic carbocycles. The van der Waals surface area contributed by atoms with Crippen molar-refractivity contribution in [1.82, 2.24) is 4.90 Å². The van der Waals surface area contributed by atoms with E-state index in [0.717, 1.165) is 23.6 Å². The minimum absolute atomic E-state index is 0.761. The van der Waals surface area contributed by atoms with Gasteiger partial charge in [-0.15, -0.1) is 11.3 Å². The highest BCUT2D eigenvalue weighted by molar-refractivity contribution is 7.17. The van der Waals surface area contributed by atoms with E-state index >= 15 is 0 Å². The highest BCUT2D eigenvalue weighted by Gasteiger charge is 2.21. The molecule has 88 valence electrons. The van der Waals surface area contributed by atoms with Crippen molar-refractivity contribution >= 4 is 22.6 Å². The maximum atomic E-state index is 10.6. The van der Waals surface area contributed by atoms with Crippen molar-refractivity contribution in [3.8, 4) is 0 Å². The summed E-state index contributed by atoms with van der Waals surface area (Å²) in [5.41, 5.74) is 0. The number of hydrogen-bond donors (Lipinski definition) is 0. The highest BCUT2D eigenvalue weighted by Crippen LogP contribution is 2.26. The maximum Gasteiger partial charge on any atom is 0.160 e. The van der Waals surface area contributed by atoms with E-state index < -0.39 is 0 Å². The van der Waals surface area contributed by atoms with Crippen LogP contribution in [0.1, 0.15) is 16.1 Å². The fourth-order valence-corrected chi connectivity index (χ4v) is 3.06. The molecule has 1 atom stereocenters. The Hall–Kier alpha value is -0.870. The Balaban J connectivity index is 1.92. The Morgan fingerprint density at radius 3 is 3.00 bits per heavy atom. The van der Waals surface area contributed by atoms with Gasteiger partial charge in [0.2, 0.25) is 0 Å². The quantitative estimate of drug-likeness (QED) is 0.749. The SMILES string of the molecule is CN1CCC(CN(C)c2ccc(C=O)s2)C1. The predicted octanol–water partition coefficient (Wildman–Crippen LogP) is 1.95. The number of likely N-dealkylation sites (tertiary alicyclic amines) is 1. The summed E-state index contributed by atoms with van der Waals surface area (Å²) in [5.74, 6) is 0.761. The molecule has 16 heavy (non-hydrogen) atoms. The van der Waals surface area contributed by atoms with Crippen molar-refractivity contribution in [1.29, 1.82) is 0 Å². The Labute approximate surface area is 101 Å². The van der Waals surface area contributed by atoms with Crippen molar-refractivity contribution in [3.05, 3.63) is 17.0 Å². The monoisotopic (exact) mass is 238 g/mol. The van der Waals surface area contributed by atoms with E-state index in [-0.39, 0.29) is 0 Å². The van der Waals surface area contributed by atoms with Gasteiger partial charge in [-0.3, -0.25) is 4.79 Å². The van der Waals surface area contributed by atoms with Crippen LogP contribution in [0, 0.1) is 5.92 Å². The lowest BCUT2D eigenvalue weighted by molar-refractivity contribution is 0.112. The van der Waals surface area contributed by atoms with Gasteiger partial charge in [0.25, 0.3) is 0 Å². The van der Waals surface area contributed by atoms with E-state index in [1.165, 1.54) is 24.5 Å². The molecule has 3 nitrogen and oxygen atoms in total. The van der Waals surface area contributed by atoms with Crippen LogP contribution < -0.4 is 4.90 Å². The Bertz CT molecular complexity index is 364. The van der Waals surface area contributed by atoms with Crippen LogP contribution >= 0.6 is 11.3 Å². The molecule has 2 heterocycles. The molecule has 0 bridgehead atoms. The number of rotatable bonds is 4. The lowest BCUT2D eigenvalue weighted by Gasteiger charge is -2.21. The number of aldehydes is 1. The Morgan fingerprint density at radius 2 is 2.44 bits per heavy atom. The van der Waals surface area contributed by atoms with Gasteiger partial charge < -0.3 is 9.80 Å². The van der Waals surface area contributed by atoms with Crippen LogP contribution in [-0.4, -0.2) is 44.9 Å². The van der Waals surface area contributed by atoms with Crippen LogP contribution in [0.3, 0.4) is 0 Å². The summed E-state index contributed by atoms with van der Waals surface area (Å²) in [6.07, 6.45) is 2.21. The van der Waals surface area contributed by atoms with E-state index in [1.807, 2.05) is 12.1 Å². The molecule has 1 aromatic rings. The molecule has 1 saturated heterocycles. The summed E-state index contributed by atoms with van der Waals surface area (Å²) in [4.78, 5) is 16.1. The zero-order valence-corrected chi connectivity index (χ0v) is 10.7. The minimum atomic E-state index is 0.761. The second-order valence-corrected chi connectivity index (χ2v) is 5.69. The summed E-state index contributed by atoms with van der Waals surface area (Å²) in [6.45, 7) is 3.49. The van der Waals surface area contributed by atoms with Crippen LogP contribution in [0.4, 0.5) is 5.00 Å². The second-order valence-electron chi connectivity index (χ2n) is 4.59. The fourth-order valence-electron chi connectivity index (χ4n) is 2.26. The van der Waals surface area contributed by atoms with Crippen molar-refractivity contribution in [2.45, 2.75) is 6.42 Å². The fraction of sp³-hybridized carbons (Fsp3) is 0.583. The van der Waals surface area contributed by atoms with Crippen LogP contribution in [0.5, 0.6) is 0 Å². The number of carbonyl (C=O) groups excluding carboxylic acids is 1. The van der Waals surface area contributed by atoms with E-state index in [0.29, 0.717) is 0 Å². The van der Waals surface area contributed by atoms with Crippen molar-refractivity contribution in [2.24, 2.45) is 5.92 Å². The molecule has 1 aromatic heterocycles. The van der Waals surface area contributed by atoms with Crippen LogP contribution in [0.2, 0.25) is 0 Å². The van der Waals surface area contributed by atoms with Gasteiger partial charge in [-0.05, 0) is 38.1 Å². The smallest absolute Gasteiger partial charge is 0.160 e. The molecule has 2 rings (SSSR count). The first-order valence-electron chi connectivity index (χ1n) is 5.63. The van der Waals surface area contributed by atoms with E-state index in [4.69, 9.17) is 0 Å². The van der Waals surface area contributed by atoms with Crippen LogP contribution in [0.15, 0.2) is 12.1 Å². The van der Waals surface area contributed by atoms with Gasteiger partial charge in [0.1, 0.15) is 0 Å².